The van der Waals surface area contributed by atoms with Gasteiger partial charge in [0.25, 0.3) is 5.67 Å². The maximum atomic E-state index is 14.3. The summed E-state index contributed by atoms with van der Waals surface area (Å²) in [6.07, 6.45) is -0.637. The molecule has 0 amide bonds. The van der Waals surface area contributed by atoms with Crippen LogP contribution < -0.4 is 0 Å². The van der Waals surface area contributed by atoms with Crippen molar-refractivity contribution in [1.29, 1.82) is 0 Å². The molecule has 0 saturated carbocycles. The maximum absolute atomic E-state index is 14.3. The number of hydrogen-bond acceptors (Lipinski definition) is 1. The SMILES string of the molecule is CCCC[C@@H]1C[C@@](F)(C(F)Cl)C(F)=C(F)[C@@]1(F)C(=O)O. The number of carboxylic acid groups (broad SMARTS) is 1. The van der Waals surface area contributed by atoms with E-state index in [4.69, 9.17) is 16.7 Å². The Hall–Kier alpha value is -0.850. The van der Waals surface area contributed by atoms with Crippen molar-refractivity contribution in [3.8, 4) is 0 Å². The lowest BCUT2D eigenvalue weighted by Gasteiger charge is -2.39. The summed E-state index contributed by atoms with van der Waals surface area (Å²) in [7, 11) is 0. The van der Waals surface area contributed by atoms with Gasteiger partial charge in [0.2, 0.25) is 11.3 Å². The summed E-state index contributed by atoms with van der Waals surface area (Å²) in [6, 6.07) is 0. The Morgan fingerprint density at radius 2 is 2.00 bits per heavy atom. The lowest BCUT2D eigenvalue weighted by Crippen LogP contribution is -2.52. The van der Waals surface area contributed by atoms with E-state index in [-0.39, 0.29) is 12.8 Å². The van der Waals surface area contributed by atoms with Crippen LogP contribution in [0.2, 0.25) is 0 Å². The minimum Gasteiger partial charge on any atom is -0.479 e. The Labute approximate surface area is 117 Å². The van der Waals surface area contributed by atoms with E-state index in [9.17, 15) is 26.7 Å². The smallest absolute Gasteiger partial charge is 0.349 e. The van der Waals surface area contributed by atoms with Gasteiger partial charge < -0.3 is 5.11 Å². The van der Waals surface area contributed by atoms with Gasteiger partial charge in [0.05, 0.1) is 0 Å². The number of allylic oxidation sites excluding steroid dienone is 1. The molecule has 20 heavy (non-hydrogen) atoms. The zero-order valence-electron chi connectivity index (χ0n) is 10.6. The van der Waals surface area contributed by atoms with Crippen LogP contribution in [-0.2, 0) is 4.79 Å². The molecule has 0 radical (unpaired) electrons. The van der Waals surface area contributed by atoms with Crippen molar-refractivity contribution in [2.24, 2.45) is 5.92 Å². The highest BCUT2D eigenvalue weighted by molar-refractivity contribution is 6.20. The van der Waals surface area contributed by atoms with Crippen molar-refractivity contribution in [3.63, 3.8) is 0 Å². The van der Waals surface area contributed by atoms with Crippen LogP contribution in [0, 0.1) is 5.92 Å². The fourth-order valence-electron chi connectivity index (χ4n) is 2.32. The van der Waals surface area contributed by atoms with Gasteiger partial charge in [-0.05, 0) is 12.8 Å². The van der Waals surface area contributed by atoms with Crippen molar-refractivity contribution in [2.75, 3.05) is 0 Å². The lowest BCUT2D eigenvalue weighted by atomic mass is 9.72. The van der Waals surface area contributed by atoms with E-state index in [1.54, 1.807) is 6.92 Å². The van der Waals surface area contributed by atoms with Gasteiger partial charge in [0.1, 0.15) is 0 Å². The molecule has 1 aliphatic carbocycles. The van der Waals surface area contributed by atoms with Crippen LogP contribution in [-0.4, -0.2) is 28.0 Å². The van der Waals surface area contributed by atoms with Gasteiger partial charge in [0.15, 0.2) is 11.7 Å². The van der Waals surface area contributed by atoms with Crippen molar-refractivity contribution in [3.05, 3.63) is 11.7 Å². The van der Waals surface area contributed by atoms with E-state index < -0.39 is 46.9 Å². The fourth-order valence-corrected chi connectivity index (χ4v) is 2.50. The average molecular weight is 321 g/mol. The summed E-state index contributed by atoms with van der Waals surface area (Å²) in [5.74, 6) is -8.86. The molecule has 0 aromatic carbocycles. The number of carbonyl (C=O) groups is 1. The highest BCUT2D eigenvalue weighted by Crippen LogP contribution is 2.52. The van der Waals surface area contributed by atoms with Gasteiger partial charge in [-0.25, -0.2) is 26.7 Å². The van der Waals surface area contributed by atoms with Gasteiger partial charge in [-0.3, -0.25) is 0 Å². The van der Waals surface area contributed by atoms with Crippen molar-refractivity contribution in [1.82, 2.24) is 0 Å². The van der Waals surface area contributed by atoms with E-state index in [0.29, 0.717) is 6.42 Å². The Kier molecular flexibility index (Phi) is 5.05. The van der Waals surface area contributed by atoms with Gasteiger partial charge >= 0.3 is 5.97 Å². The number of unbranched alkanes of at least 4 members (excludes halogenated alkanes) is 1. The van der Waals surface area contributed by atoms with Crippen LogP contribution in [0.4, 0.5) is 22.0 Å². The minimum absolute atomic E-state index is 0.227. The highest BCUT2D eigenvalue weighted by atomic mass is 35.5. The molecule has 4 atom stereocenters. The quantitative estimate of drug-likeness (QED) is 0.603. The Balaban J connectivity index is 3.35. The van der Waals surface area contributed by atoms with Crippen LogP contribution in [0.25, 0.3) is 0 Å². The zero-order chi connectivity index (χ0) is 15.7. The average Bonchev–Trinajstić information content (AvgIpc) is 2.38. The molecule has 0 aliphatic heterocycles. The van der Waals surface area contributed by atoms with Crippen molar-refractivity contribution in [2.45, 2.75) is 49.6 Å². The highest BCUT2D eigenvalue weighted by Gasteiger charge is 2.63. The van der Waals surface area contributed by atoms with Gasteiger partial charge in [-0.15, -0.1) is 0 Å². The summed E-state index contributed by atoms with van der Waals surface area (Å²) in [4.78, 5) is 10.9. The van der Waals surface area contributed by atoms with Crippen LogP contribution in [0.5, 0.6) is 0 Å². The topological polar surface area (TPSA) is 37.3 Å². The van der Waals surface area contributed by atoms with Gasteiger partial charge in [-0.1, -0.05) is 31.4 Å². The van der Waals surface area contributed by atoms with E-state index >= 15 is 0 Å². The molecule has 1 N–H and O–H groups in total. The molecule has 0 spiro atoms. The molecule has 0 aromatic rings. The third-order valence-corrected chi connectivity index (χ3v) is 3.89. The summed E-state index contributed by atoms with van der Waals surface area (Å²) in [5.41, 5.74) is -10.2. The standard InChI is InChI=1S/C12H14ClF5O2/c1-2-3-4-6-5-11(17,9(13)16)7(14)8(15)12(6,18)10(19)20/h6,9H,2-5H2,1H3,(H,19,20)/t6-,9?,11+,12-/m1/s1. The van der Waals surface area contributed by atoms with Crippen LogP contribution in [0.15, 0.2) is 11.7 Å². The molecule has 8 heteroatoms. The molecule has 0 aromatic heterocycles. The number of carboxylic acids is 1. The number of rotatable bonds is 5. The summed E-state index contributed by atoms with van der Waals surface area (Å²) < 4.78 is 68.7. The van der Waals surface area contributed by atoms with E-state index in [1.807, 2.05) is 0 Å². The maximum Gasteiger partial charge on any atom is 0.349 e. The van der Waals surface area contributed by atoms with E-state index in [0.717, 1.165) is 0 Å². The minimum atomic E-state index is -3.69. The van der Waals surface area contributed by atoms with Crippen molar-refractivity contribution >= 4 is 17.6 Å². The first-order chi connectivity index (χ1) is 9.12. The van der Waals surface area contributed by atoms with Crippen molar-refractivity contribution < 1.29 is 31.9 Å². The molecular weight excluding hydrogens is 307 g/mol. The Morgan fingerprint density at radius 3 is 2.40 bits per heavy atom. The second-order valence-corrected chi connectivity index (χ2v) is 5.23. The molecule has 0 heterocycles. The van der Waals surface area contributed by atoms with Crippen LogP contribution in [0.3, 0.4) is 0 Å². The van der Waals surface area contributed by atoms with Crippen LogP contribution in [0.1, 0.15) is 32.6 Å². The third-order valence-electron chi connectivity index (χ3n) is 3.55. The van der Waals surface area contributed by atoms with E-state index in [2.05, 4.69) is 0 Å². The molecule has 0 saturated heterocycles. The fraction of sp³-hybridized carbons (Fsp3) is 0.750. The number of aliphatic carboxylic acids is 1. The molecule has 1 aliphatic rings. The number of alkyl halides is 4. The normalized spacial score (nSPS) is 36.0. The first-order valence-corrected chi connectivity index (χ1v) is 6.51. The van der Waals surface area contributed by atoms with E-state index in [1.165, 1.54) is 0 Å². The number of halogens is 6. The molecule has 0 bridgehead atoms. The summed E-state index contributed by atoms with van der Waals surface area (Å²) >= 11 is 4.88. The molecule has 116 valence electrons. The zero-order valence-corrected chi connectivity index (χ0v) is 11.4. The van der Waals surface area contributed by atoms with Gasteiger partial charge in [-0.2, -0.15) is 0 Å². The molecule has 0 fully saturated rings. The Bertz CT molecular complexity index is 428. The predicted octanol–water partition coefficient (Wildman–Crippen LogP) is 4.38. The largest absolute Gasteiger partial charge is 0.479 e. The predicted molar refractivity (Wildman–Crippen MR) is 62.9 cm³/mol. The number of hydrogen-bond donors (Lipinski definition) is 1. The molecule has 1 unspecified atom stereocenters. The lowest BCUT2D eigenvalue weighted by molar-refractivity contribution is -0.157. The monoisotopic (exact) mass is 320 g/mol. The Morgan fingerprint density at radius 1 is 1.45 bits per heavy atom. The molecular formula is C12H14ClF5O2. The first kappa shape index (κ1) is 17.2. The van der Waals surface area contributed by atoms with Crippen LogP contribution >= 0.6 is 11.6 Å². The molecule has 2 nitrogen and oxygen atoms in total. The second-order valence-electron chi connectivity index (χ2n) is 4.85. The molecule has 1 rings (SSSR count). The summed E-state index contributed by atoms with van der Waals surface area (Å²) in [5, 5.41) is 8.80. The second kappa shape index (κ2) is 5.87. The third kappa shape index (κ3) is 2.52. The first-order valence-electron chi connectivity index (χ1n) is 6.07. The summed E-state index contributed by atoms with van der Waals surface area (Å²) in [6.45, 7) is 1.69. The van der Waals surface area contributed by atoms with Gasteiger partial charge in [0, 0.05) is 5.92 Å².